The van der Waals surface area contributed by atoms with E-state index in [0.717, 1.165) is 11.1 Å². The van der Waals surface area contributed by atoms with E-state index in [0.29, 0.717) is 13.0 Å². The van der Waals surface area contributed by atoms with Gasteiger partial charge in [-0.1, -0.05) is 82.3 Å². The van der Waals surface area contributed by atoms with Crippen LogP contribution < -0.4 is 11.1 Å². The van der Waals surface area contributed by atoms with Crippen molar-refractivity contribution < 1.29 is 33.4 Å². The van der Waals surface area contributed by atoms with Gasteiger partial charge >= 0.3 is 5.97 Å². The first kappa shape index (κ1) is 38.6. The predicted molar refractivity (Wildman–Crippen MR) is 178 cm³/mol. The lowest BCUT2D eigenvalue weighted by molar-refractivity contribution is -0.150. The van der Waals surface area contributed by atoms with Crippen molar-refractivity contribution >= 4 is 23.7 Å². The Bertz CT molecular complexity index is 1240. The van der Waals surface area contributed by atoms with E-state index in [-0.39, 0.29) is 30.6 Å². The molecule has 0 radical (unpaired) electrons. The van der Waals surface area contributed by atoms with Crippen LogP contribution in [-0.4, -0.2) is 104 Å². The van der Waals surface area contributed by atoms with Gasteiger partial charge in [0.15, 0.2) is 0 Å². The summed E-state index contributed by atoms with van der Waals surface area (Å²) < 4.78 is 16.7. The SMILES string of the molecule is C=C(CC)[C@@H]([C@@H](CC(=O)N1CC=CC1(C)[C@H](OC)[C@@H](C)C(=O)N[C@@H](Cc1ccccc1)C(=O)OC)OC)N(C)C(=O)[C@@H](N)C(C)C. The Labute approximate surface area is 274 Å². The van der Waals surface area contributed by atoms with E-state index in [4.69, 9.17) is 19.9 Å². The van der Waals surface area contributed by atoms with Crippen LogP contribution in [0, 0.1) is 11.8 Å². The molecule has 1 unspecified atom stereocenters. The Morgan fingerprint density at radius 2 is 1.72 bits per heavy atom. The second-order valence-electron chi connectivity index (χ2n) is 12.5. The van der Waals surface area contributed by atoms with Gasteiger partial charge in [0.1, 0.15) is 6.04 Å². The lowest BCUT2D eigenvalue weighted by atomic mass is 9.84. The molecule has 0 saturated heterocycles. The normalized spacial score (nSPS) is 19.9. The molecule has 1 heterocycles. The number of amides is 3. The van der Waals surface area contributed by atoms with Gasteiger partial charge in [-0.05, 0) is 24.8 Å². The quantitative estimate of drug-likeness (QED) is 0.195. The van der Waals surface area contributed by atoms with Gasteiger partial charge in [-0.25, -0.2) is 4.79 Å². The van der Waals surface area contributed by atoms with Gasteiger partial charge in [-0.15, -0.1) is 0 Å². The highest BCUT2D eigenvalue weighted by molar-refractivity contribution is 5.87. The van der Waals surface area contributed by atoms with Crippen LogP contribution >= 0.6 is 0 Å². The lowest BCUT2D eigenvalue weighted by Crippen LogP contribution is -2.60. The van der Waals surface area contributed by atoms with Crippen molar-refractivity contribution in [2.45, 2.75) is 89.8 Å². The smallest absolute Gasteiger partial charge is 0.328 e. The second-order valence-corrected chi connectivity index (χ2v) is 12.5. The van der Waals surface area contributed by atoms with Crippen LogP contribution in [0.5, 0.6) is 0 Å². The number of hydrogen-bond donors (Lipinski definition) is 2. The lowest BCUT2D eigenvalue weighted by Gasteiger charge is -2.43. The number of esters is 1. The highest BCUT2D eigenvalue weighted by atomic mass is 16.5. The molecule has 11 heteroatoms. The minimum Gasteiger partial charge on any atom is -0.467 e. The zero-order chi connectivity index (χ0) is 34.8. The number of nitrogens with zero attached hydrogens (tertiary/aromatic N) is 2. The minimum absolute atomic E-state index is 0.0511. The number of carbonyl (C=O) groups excluding carboxylic acids is 4. The van der Waals surface area contributed by atoms with Crippen molar-refractivity contribution in [1.82, 2.24) is 15.1 Å². The zero-order valence-electron chi connectivity index (χ0n) is 28.9. The maximum Gasteiger partial charge on any atom is 0.328 e. The first-order chi connectivity index (χ1) is 21.7. The van der Waals surface area contributed by atoms with Gasteiger partial charge in [0, 0.05) is 34.2 Å². The molecule has 1 aromatic carbocycles. The van der Waals surface area contributed by atoms with Crippen LogP contribution in [0.3, 0.4) is 0 Å². The third-order valence-electron chi connectivity index (χ3n) is 9.08. The first-order valence-electron chi connectivity index (χ1n) is 15.8. The fourth-order valence-corrected chi connectivity index (χ4v) is 6.14. The molecule has 1 aromatic rings. The van der Waals surface area contributed by atoms with Crippen LogP contribution in [0.2, 0.25) is 0 Å². The fourth-order valence-electron chi connectivity index (χ4n) is 6.14. The van der Waals surface area contributed by atoms with Crippen LogP contribution in [-0.2, 0) is 39.8 Å². The molecular weight excluding hydrogens is 588 g/mol. The van der Waals surface area contributed by atoms with Crippen molar-refractivity contribution in [3.8, 4) is 0 Å². The molecule has 0 bridgehead atoms. The molecule has 11 nitrogen and oxygen atoms in total. The predicted octanol–water partition coefficient (Wildman–Crippen LogP) is 2.88. The second kappa shape index (κ2) is 17.4. The number of carbonyl (C=O) groups is 4. The highest BCUT2D eigenvalue weighted by Gasteiger charge is 2.48. The van der Waals surface area contributed by atoms with Crippen molar-refractivity contribution in [2.24, 2.45) is 17.6 Å². The number of methoxy groups -OCH3 is 3. The van der Waals surface area contributed by atoms with Gasteiger partial charge < -0.3 is 35.1 Å². The van der Waals surface area contributed by atoms with Crippen LogP contribution in [0.1, 0.15) is 53.0 Å². The number of ether oxygens (including phenoxy) is 3. The monoisotopic (exact) mass is 642 g/mol. The molecular formula is C35H54N4O7. The average Bonchev–Trinajstić information content (AvgIpc) is 3.44. The summed E-state index contributed by atoms with van der Waals surface area (Å²) >= 11 is 0. The van der Waals surface area contributed by atoms with Crippen molar-refractivity contribution in [3.05, 3.63) is 60.2 Å². The molecule has 0 aliphatic carbocycles. The molecule has 0 saturated carbocycles. The highest BCUT2D eigenvalue weighted by Crippen LogP contribution is 2.34. The Kier molecular flexibility index (Phi) is 14.6. The Hall–Kier alpha value is -3.54. The summed E-state index contributed by atoms with van der Waals surface area (Å²) in [6, 6.07) is 7.14. The van der Waals surface area contributed by atoms with E-state index in [1.807, 2.05) is 70.2 Å². The summed E-state index contributed by atoms with van der Waals surface area (Å²) in [6.45, 7) is 13.7. The number of rotatable bonds is 17. The average molecular weight is 643 g/mol. The summed E-state index contributed by atoms with van der Waals surface area (Å²) in [6.07, 6.45) is 3.05. The van der Waals surface area contributed by atoms with Gasteiger partial charge in [-0.3, -0.25) is 14.4 Å². The van der Waals surface area contributed by atoms with Crippen molar-refractivity contribution in [2.75, 3.05) is 34.9 Å². The molecule has 2 rings (SSSR count). The molecule has 3 N–H and O–H groups in total. The van der Waals surface area contributed by atoms with Gasteiger partial charge in [0.25, 0.3) is 0 Å². The third-order valence-corrected chi connectivity index (χ3v) is 9.08. The number of hydrogen-bond acceptors (Lipinski definition) is 8. The standard InChI is InChI=1S/C35H54N4O7/c1-11-23(4)30(38(7)33(42)29(36)22(2)3)27(44-8)21-28(40)39-19-15-18-35(39,6)31(45-9)24(5)32(41)37-26(34(43)46-10)20-25-16-13-12-14-17-25/h12-18,22,24,26-27,29-31H,4,11,19-21,36H2,1-3,5-10H3,(H,37,41)/t24-,26+,27-,29+,30+,31-,35?/m1/s1. The molecule has 0 aromatic heterocycles. The van der Waals surface area contributed by atoms with Crippen molar-refractivity contribution in [3.63, 3.8) is 0 Å². The number of likely N-dealkylation sites (N-methyl/N-ethyl adjacent to an activating group) is 1. The number of benzene rings is 1. The minimum atomic E-state index is -1.000. The van der Waals surface area contributed by atoms with E-state index in [1.54, 1.807) is 18.9 Å². The van der Waals surface area contributed by atoms with Crippen LogP contribution in [0.25, 0.3) is 0 Å². The van der Waals surface area contributed by atoms with E-state index in [2.05, 4.69) is 11.9 Å². The zero-order valence-corrected chi connectivity index (χ0v) is 28.9. The third kappa shape index (κ3) is 9.04. The summed E-state index contributed by atoms with van der Waals surface area (Å²) in [5.74, 6) is -2.31. The number of nitrogens with one attached hydrogen (secondary N) is 1. The van der Waals surface area contributed by atoms with Crippen LogP contribution in [0.4, 0.5) is 0 Å². The maximum absolute atomic E-state index is 14.0. The molecule has 46 heavy (non-hydrogen) atoms. The summed E-state index contributed by atoms with van der Waals surface area (Å²) in [4.78, 5) is 56.7. The van der Waals surface area contributed by atoms with Crippen LogP contribution in [0.15, 0.2) is 54.6 Å². The Morgan fingerprint density at radius 3 is 2.24 bits per heavy atom. The Balaban J connectivity index is 2.30. The first-order valence-corrected chi connectivity index (χ1v) is 15.8. The van der Waals surface area contributed by atoms with Crippen molar-refractivity contribution in [1.29, 1.82) is 0 Å². The van der Waals surface area contributed by atoms with Gasteiger partial charge in [-0.2, -0.15) is 0 Å². The molecule has 7 atom stereocenters. The summed E-state index contributed by atoms with van der Waals surface area (Å²) in [5, 5.41) is 2.83. The molecule has 3 amide bonds. The number of nitrogens with two attached hydrogens (primary N) is 1. The van der Waals surface area contributed by atoms with Gasteiger partial charge in [0.05, 0.1) is 49.3 Å². The van der Waals surface area contributed by atoms with E-state index in [1.165, 1.54) is 26.2 Å². The van der Waals surface area contributed by atoms with Gasteiger partial charge in [0.2, 0.25) is 17.7 Å². The fraction of sp³-hybridized carbons (Fsp3) is 0.600. The van der Waals surface area contributed by atoms with E-state index in [9.17, 15) is 19.2 Å². The maximum atomic E-state index is 14.0. The molecule has 256 valence electrons. The van der Waals surface area contributed by atoms with E-state index >= 15 is 0 Å². The summed E-state index contributed by atoms with van der Waals surface area (Å²) in [5.41, 5.74) is 6.80. The molecule has 0 fully saturated rings. The largest absolute Gasteiger partial charge is 0.467 e. The van der Waals surface area contributed by atoms with E-state index < -0.39 is 53.7 Å². The molecule has 0 spiro atoms. The Morgan fingerprint density at radius 1 is 1.09 bits per heavy atom. The summed E-state index contributed by atoms with van der Waals surface area (Å²) in [7, 11) is 5.94. The topological polar surface area (TPSA) is 141 Å². The molecule has 1 aliphatic heterocycles. The molecule has 1 aliphatic rings.